The van der Waals surface area contributed by atoms with E-state index in [1.807, 2.05) is 0 Å². The minimum absolute atomic E-state index is 0.0417. The highest BCUT2D eigenvalue weighted by Gasteiger charge is 2.32. The summed E-state index contributed by atoms with van der Waals surface area (Å²) in [4.78, 5) is 3.59. The normalized spacial score (nSPS) is 12.1. The van der Waals surface area contributed by atoms with Crippen LogP contribution in [0.5, 0.6) is 0 Å². The molecule has 0 aliphatic heterocycles. The third-order valence-corrected chi connectivity index (χ3v) is 3.54. The standard InChI is InChI=1S/C15H12ClF6N4/c16-10-5-9(15(20,21)22)7-26-13(10)25-4-3-24-12-2-1-8(6-11(12)23)14(17,18)19/h1-2,5-7,23-24H,3-4H2,(H,25,26). The molecule has 2 aromatic rings. The van der Waals surface area contributed by atoms with E-state index in [-0.39, 0.29) is 35.3 Å². The van der Waals surface area contributed by atoms with Crippen LogP contribution in [0.1, 0.15) is 11.1 Å². The van der Waals surface area contributed by atoms with Gasteiger partial charge in [-0.25, -0.2) is 4.98 Å². The highest BCUT2D eigenvalue weighted by molar-refractivity contribution is 6.32. The van der Waals surface area contributed by atoms with Crippen molar-refractivity contribution in [2.24, 2.45) is 0 Å². The lowest BCUT2D eigenvalue weighted by Crippen LogP contribution is -2.15. The van der Waals surface area contributed by atoms with Gasteiger partial charge in [0.2, 0.25) is 0 Å². The van der Waals surface area contributed by atoms with Crippen molar-refractivity contribution < 1.29 is 26.3 Å². The molecule has 0 aliphatic carbocycles. The number of rotatable bonds is 5. The number of alkyl halides is 6. The number of benzene rings is 1. The van der Waals surface area contributed by atoms with Gasteiger partial charge in [0, 0.05) is 19.3 Å². The number of anilines is 2. The predicted octanol–water partition coefficient (Wildman–Crippen LogP) is 5.21. The number of halogens is 7. The van der Waals surface area contributed by atoms with Crippen molar-refractivity contribution in [3.63, 3.8) is 0 Å². The Kier molecular flexibility index (Phi) is 5.74. The van der Waals surface area contributed by atoms with Crippen LogP contribution in [0.4, 0.5) is 43.5 Å². The first kappa shape index (κ1) is 20.0. The molecule has 1 heterocycles. The molecule has 0 amide bonds. The first-order chi connectivity index (χ1) is 12.0. The van der Waals surface area contributed by atoms with Crippen LogP contribution in [0.15, 0.2) is 30.5 Å². The molecule has 141 valence electrons. The molecule has 1 aromatic carbocycles. The second-order valence-electron chi connectivity index (χ2n) is 5.16. The van der Waals surface area contributed by atoms with Crippen molar-refractivity contribution in [3.05, 3.63) is 46.6 Å². The predicted molar refractivity (Wildman–Crippen MR) is 85.4 cm³/mol. The van der Waals surface area contributed by atoms with Gasteiger partial charge >= 0.3 is 12.4 Å². The summed E-state index contributed by atoms with van der Waals surface area (Å²) in [5.74, 6) is 0.0417. The molecule has 0 bridgehead atoms. The molecule has 0 aliphatic rings. The number of hydrogen-bond donors (Lipinski definition) is 2. The molecule has 2 rings (SSSR count). The summed E-state index contributed by atoms with van der Waals surface area (Å²) in [6.45, 7) is 0.342. The maximum absolute atomic E-state index is 12.5. The monoisotopic (exact) mass is 397 g/mol. The zero-order chi connectivity index (χ0) is 19.5. The zero-order valence-corrected chi connectivity index (χ0v) is 13.6. The van der Waals surface area contributed by atoms with Crippen molar-refractivity contribution in [3.8, 4) is 0 Å². The summed E-state index contributed by atoms with van der Waals surface area (Å²) < 4.78 is 75.1. The maximum Gasteiger partial charge on any atom is 0.417 e. The van der Waals surface area contributed by atoms with Crippen LogP contribution in [-0.2, 0) is 12.4 Å². The van der Waals surface area contributed by atoms with E-state index in [0.717, 1.165) is 18.2 Å². The number of hydrogen-bond acceptors (Lipinski definition) is 3. The van der Waals surface area contributed by atoms with E-state index in [0.29, 0.717) is 12.3 Å². The lowest BCUT2D eigenvalue weighted by atomic mass is 10.1. The lowest BCUT2D eigenvalue weighted by Gasteiger charge is -2.13. The van der Waals surface area contributed by atoms with Gasteiger partial charge in [0.15, 0.2) is 0 Å². The second kappa shape index (κ2) is 7.48. The quantitative estimate of drug-likeness (QED) is 0.537. The first-order valence-corrected chi connectivity index (χ1v) is 7.49. The van der Waals surface area contributed by atoms with Gasteiger partial charge in [0.05, 0.1) is 27.5 Å². The Labute approximate surface area is 149 Å². The van der Waals surface area contributed by atoms with Crippen LogP contribution in [0.3, 0.4) is 0 Å². The van der Waals surface area contributed by atoms with Gasteiger partial charge in [0.1, 0.15) is 5.82 Å². The molecule has 3 N–H and O–H groups in total. The number of nitrogens with one attached hydrogen (secondary N) is 3. The largest absolute Gasteiger partial charge is 0.417 e. The Morgan fingerprint density at radius 1 is 0.923 bits per heavy atom. The molecule has 0 spiro atoms. The minimum Gasteiger partial charge on any atom is -0.382 e. The van der Waals surface area contributed by atoms with Crippen molar-refractivity contribution in [1.29, 1.82) is 0 Å². The average Bonchev–Trinajstić information content (AvgIpc) is 2.52. The van der Waals surface area contributed by atoms with E-state index in [4.69, 9.17) is 17.3 Å². The van der Waals surface area contributed by atoms with Crippen LogP contribution in [-0.4, -0.2) is 18.1 Å². The molecular formula is C15H12ClF6N4. The van der Waals surface area contributed by atoms with Gasteiger partial charge in [0.25, 0.3) is 0 Å². The fourth-order valence-corrected chi connectivity index (χ4v) is 2.21. The van der Waals surface area contributed by atoms with E-state index in [1.54, 1.807) is 0 Å². The van der Waals surface area contributed by atoms with Crippen LogP contribution >= 0.6 is 11.6 Å². The fraction of sp³-hybridized carbons (Fsp3) is 0.267. The van der Waals surface area contributed by atoms with Crippen molar-refractivity contribution in [1.82, 2.24) is 10.7 Å². The molecule has 26 heavy (non-hydrogen) atoms. The van der Waals surface area contributed by atoms with Gasteiger partial charge in [-0.15, -0.1) is 0 Å². The molecule has 0 unspecified atom stereocenters. The molecule has 0 saturated heterocycles. The fourth-order valence-electron chi connectivity index (χ4n) is 1.98. The SMILES string of the molecule is [NH]c1cc(C(F)(F)F)ccc1NCCNc1ncc(C(F)(F)F)cc1Cl. The first-order valence-electron chi connectivity index (χ1n) is 7.12. The summed E-state index contributed by atoms with van der Waals surface area (Å²) in [7, 11) is 0. The van der Waals surface area contributed by atoms with Crippen molar-refractivity contribution in [2.45, 2.75) is 12.4 Å². The molecule has 0 saturated carbocycles. The Bertz CT molecular complexity index is 710. The summed E-state index contributed by atoms with van der Waals surface area (Å²) in [5.41, 5.74) is 5.54. The van der Waals surface area contributed by atoms with Crippen molar-refractivity contribution in [2.75, 3.05) is 23.7 Å². The molecule has 1 aromatic heterocycles. The third kappa shape index (κ3) is 5.07. The van der Waals surface area contributed by atoms with Gasteiger partial charge in [-0.1, -0.05) is 11.6 Å². The van der Waals surface area contributed by atoms with Crippen LogP contribution in [0, 0.1) is 0 Å². The highest BCUT2D eigenvalue weighted by Crippen LogP contribution is 2.34. The Morgan fingerprint density at radius 2 is 1.54 bits per heavy atom. The number of aromatic nitrogens is 1. The molecular weight excluding hydrogens is 386 g/mol. The van der Waals surface area contributed by atoms with Gasteiger partial charge in [-0.05, 0) is 24.3 Å². The smallest absolute Gasteiger partial charge is 0.382 e. The number of nitrogens with zero attached hydrogens (tertiary/aromatic N) is 1. The van der Waals surface area contributed by atoms with E-state index < -0.39 is 23.5 Å². The molecule has 0 atom stereocenters. The maximum atomic E-state index is 12.5. The van der Waals surface area contributed by atoms with Crippen LogP contribution in [0.2, 0.25) is 5.02 Å². The van der Waals surface area contributed by atoms with Gasteiger partial charge in [-0.2, -0.15) is 26.3 Å². The van der Waals surface area contributed by atoms with Gasteiger partial charge in [-0.3, -0.25) is 5.73 Å². The van der Waals surface area contributed by atoms with Crippen LogP contribution in [0.25, 0.3) is 0 Å². The second-order valence-corrected chi connectivity index (χ2v) is 5.57. The average molecular weight is 398 g/mol. The van der Waals surface area contributed by atoms with Crippen LogP contribution < -0.4 is 16.4 Å². The summed E-state index contributed by atoms with van der Waals surface area (Å²) in [6, 6.07) is 3.42. The minimum atomic E-state index is -4.55. The van der Waals surface area contributed by atoms with Crippen molar-refractivity contribution >= 4 is 28.8 Å². The van der Waals surface area contributed by atoms with E-state index in [1.165, 1.54) is 0 Å². The topological polar surface area (TPSA) is 60.8 Å². The van der Waals surface area contributed by atoms with E-state index in [2.05, 4.69) is 15.6 Å². The summed E-state index contributed by atoms with van der Waals surface area (Å²) in [6.07, 6.45) is -8.44. The Morgan fingerprint density at radius 3 is 2.08 bits per heavy atom. The Hall–Kier alpha value is -2.36. The third-order valence-electron chi connectivity index (χ3n) is 3.25. The summed E-state index contributed by atoms with van der Waals surface area (Å²) in [5, 5.41) is 5.24. The molecule has 4 nitrogen and oxygen atoms in total. The number of pyridine rings is 1. The zero-order valence-electron chi connectivity index (χ0n) is 12.9. The molecule has 1 radical (unpaired) electrons. The molecule has 0 fully saturated rings. The Balaban J connectivity index is 1.91. The lowest BCUT2D eigenvalue weighted by molar-refractivity contribution is -0.138. The van der Waals surface area contributed by atoms with E-state index >= 15 is 0 Å². The van der Waals surface area contributed by atoms with E-state index in [9.17, 15) is 26.3 Å². The highest BCUT2D eigenvalue weighted by atomic mass is 35.5. The van der Waals surface area contributed by atoms with Gasteiger partial charge < -0.3 is 10.6 Å². The summed E-state index contributed by atoms with van der Waals surface area (Å²) >= 11 is 5.73. The molecule has 11 heteroatoms.